The van der Waals surface area contributed by atoms with E-state index in [-0.39, 0.29) is 5.54 Å². The molecule has 0 aliphatic heterocycles. The Balaban J connectivity index is 2.17. The van der Waals surface area contributed by atoms with E-state index in [0.717, 1.165) is 11.6 Å². The fraction of sp³-hybridized carbons (Fsp3) is 0.600. The average molecular weight is 267 g/mol. The number of hydrogen-bond acceptors (Lipinski definition) is 2. The van der Waals surface area contributed by atoms with Crippen LogP contribution in [0.1, 0.15) is 44.2 Å². The van der Waals surface area contributed by atoms with Crippen LogP contribution in [-0.2, 0) is 0 Å². The van der Waals surface area contributed by atoms with Gasteiger partial charge in [-0.05, 0) is 44.5 Å². The molecule has 18 heavy (non-hydrogen) atoms. The van der Waals surface area contributed by atoms with Crippen molar-refractivity contribution in [2.24, 2.45) is 5.73 Å². The van der Waals surface area contributed by atoms with Gasteiger partial charge in [-0.2, -0.15) is 0 Å². The maximum atomic E-state index is 6.05. The zero-order valence-electron chi connectivity index (χ0n) is 11.3. The van der Waals surface area contributed by atoms with E-state index in [0.29, 0.717) is 6.04 Å². The molecule has 0 bridgehead atoms. The van der Waals surface area contributed by atoms with Crippen LogP contribution < -0.4 is 5.73 Å². The highest BCUT2D eigenvalue weighted by atomic mass is 35.5. The van der Waals surface area contributed by atoms with Gasteiger partial charge in [-0.3, -0.25) is 4.90 Å². The van der Waals surface area contributed by atoms with Crippen LogP contribution in [0.25, 0.3) is 0 Å². The minimum absolute atomic E-state index is 0.194. The first-order valence-electron chi connectivity index (χ1n) is 6.77. The van der Waals surface area contributed by atoms with Crippen molar-refractivity contribution in [1.82, 2.24) is 4.90 Å². The molecule has 1 aromatic carbocycles. The van der Waals surface area contributed by atoms with Crippen molar-refractivity contribution >= 4 is 11.6 Å². The van der Waals surface area contributed by atoms with Crippen molar-refractivity contribution in [3.05, 3.63) is 34.9 Å². The monoisotopic (exact) mass is 266 g/mol. The summed E-state index contributed by atoms with van der Waals surface area (Å²) in [5.74, 6) is 0. The lowest BCUT2D eigenvalue weighted by molar-refractivity contribution is 0.0895. The van der Waals surface area contributed by atoms with E-state index in [4.69, 9.17) is 17.3 Å². The number of hydrogen-bond donors (Lipinski definition) is 1. The van der Waals surface area contributed by atoms with Gasteiger partial charge in [-0.25, -0.2) is 0 Å². The van der Waals surface area contributed by atoms with Crippen molar-refractivity contribution in [2.75, 3.05) is 13.6 Å². The van der Waals surface area contributed by atoms with Crippen molar-refractivity contribution in [3.8, 4) is 0 Å². The molecule has 1 aromatic rings. The van der Waals surface area contributed by atoms with Gasteiger partial charge in [-0.15, -0.1) is 0 Å². The summed E-state index contributed by atoms with van der Waals surface area (Å²) in [5, 5.41) is 0.794. The maximum absolute atomic E-state index is 6.05. The molecule has 3 heteroatoms. The molecule has 0 heterocycles. The van der Waals surface area contributed by atoms with Gasteiger partial charge in [0.15, 0.2) is 0 Å². The standard InChI is InChI=1S/C15H23ClN2/c1-12(13-5-7-14(16)8-6-13)18(2)15(11-17)9-3-4-10-15/h5-8,12H,3-4,9-11,17H2,1-2H3. The first-order valence-corrected chi connectivity index (χ1v) is 7.15. The Morgan fingerprint density at radius 3 is 2.33 bits per heavy atom. The summed E-state index contributed by atoms with van der Waals surface area (Å²) in [6.45, 7) is 3.00. The molecule has 1 aliphatic carbocycles. The highest BCUT2D eigenvalue weighted by molar-refractivity contribution is 6.30. The number of nitrogens with zero attached hydrogens (tertiary/aromatic N) is 1. The van der Waals surface area contributed by atoms with Gasteiger partial charge in [-0.1, -0.05) is 36.6 Å². The van der Waals surface area contributed by atoms with Crippen LogP contribution in [0.2, 0.25) is 5.02 Å². The summed E-state index contributed by atoms with van der Waals surface area (Å²) < 4.78 is 0. The van der Waals surface area contributed by atoms with Gasteiger partial charge in [0.25, 0.3) is 0 Å². The Bertz CT molecular complexity index is 382. The molecule has 2 N–H and O–H groups in total. The van der Waals surface area contributed by atoms with Gasteiger partial charge in [0.05, 0.1) is 0 Å². The topological polar surface area (TPSA) is 29.3 Å². The molecule has 2 rings (SSSR count). The molecule has 100 valence electrons. The highest BCUT2D eigenvalue weighted by Crippen LogP contribution is 2.38. The van der Waals surface area contributed by atoms with Crippen LogP contribution in [-0.4, -0.2) is 24.0 Å². The molecule has 0 radical (unpaired) electrons. The molecule has 2 nitrogen and oxygen atoms in total. The van der Waals surface area contributed by atoms with Crippen LogP contribution in [0, 0.1) is 0 Å². The van der Waals surface area contributed by atoms with E-state index in [1.165, 1.54) is 31.2 Å². The Hall–Kier alpha value is -0.570. The molecule has 1 aliphatic rings. The van der Waals surface area contributed by atoms with E-state index < -0.39 is 0 Å². The lowest BCUT2D eigenvalue weighted by Gasteiger charge is -2.42. The van der Waals surface area contributed by atoms with E-state index >= 15 is 0 Å². The molecular weight excluding hydrogens is 244 g/mol. The fourth-order valence-corrected chi connectivity index (χ4v) is 3.24. The molecule has 0 spiro atoms. The maximum Gasteiger partial charge on any atom is 0.0406 e. The third kappa shape index (κ3) is 2.56. The Kier molecular flexibility index (Phi) is 4.31. The molecule has 0 aromatic heterocycles. The van der Waals surface area contributed by atoms with Gasteiger partial charge in [0.2, 0.25) is 0 Å². The predicted octanol–water partition coefficient (Wildman–Crippen LogP) is 3.60. The Morgan fingerprint density at radius 1 is 1.28 bits per heavy atom. The second kappa shape index (κ2) is 5.60. The van der Waals surface area contributed by atoms with Crippen LogP contribution in [0.3, 0.4) is 0 Å². The summed E-state index contributed by atoms with van der Waals surface area (Å²) in [7, 11) is 2.21. The summed E-state index contributed by atoms with van der Waals surface area (Å²) >= 11 is 5.94. The zero-order chi connectivity index (χ0) is 13.2. The first-order chi connectivity index (χ1) is 8.59. The summed E-state index contributed by atoms with van der Waals surface area (Å²) in [6, 6.07) is 8.53. The van der Waals surface area contributed by atoms with Crippen molar-refractivity contribution in [3.63, 3.8) is 0 Å². The van der Waals surface area contributed by atoms with Crippen molar-refractivity contribution in [2.45, 2.75) is 44.2 Å². The highest BCUT2D eigenvalue weighted by Gasteiger charge is 2.38. The van der Waals surface area contributed by atoms with E-state index in [9.17, 15) is 0 Å². The summed E-state index contributed by atoms with van der Waals surface area (Å²) in [6.07, 6.45) is 5.04. The van der Waals surface area contributed by atoms with E-state index in [2.05, 4.69) is 31.0 Å². The Morgan fingerprint density at radius 2 is 1.83 bits per heavy atom. The molecule has 1 fully saturated rings. The zero-order valence-corrected chi connectivity index (χ0v) is 12.1. The van der Waals surface area contributed by atoms with Crippen molar-refractivity contribution in [1.29, 1.82) is 0 Å². The summed E-state index contributed by atoms with van der Waals surface area (Å²) in [5.41, 5.74) is 7.55. The molecule has 1 unspecified atom stereocenters. The average Bonchev–Trinajstić information content (AvgIpc) is 2.88. The van der Waals surface area contributed by atoms with Crippen molar-refractivity contribution < 1.29 is 0 Å². The van der Waals surface area contributed by atoms with Crippen LogP contribution in [0.15, 0.2) is 24.3 Å². The molecule has 0 amide bonds. The quantitative estimate of drug-likeness (QED) is 0.902. The largest absolute Gasteiger partial charge is 0.329 e. The van der Waals surface area contributed by atoms with Gasteiger partial charge >= 0.3 is 0 Å². The SMILES string of the molecule is CC(c1ccc(Cl)cc1)N(C)C1(CN)CCCC1. The molecule has 1 atom stereocenters. The lowest BCUT2D eigenvalue weighted by Crippen LogP contribution is -2.50. The number of benzene rings is 1. The van der Waals surface area contributed by atoms with Gasteiger partial charge in [0, 0.05) is 23.1 Å². The normalized spacial score (nSPS) is 20.3. The lowest BCUT2D eigenvalue weighted by atomic mass is 9.92. The predicted molar refractivity (Wildman–Crippen MR) is 77.9 cm³/mol. The van der Waals surface area contributed by atoms with Gasteiger partial charge < -0.3 is 5.73 Å². The van der Waals surface area contributed by atoms with E-state index in [1.807, 2.05) is 12.1 Å². The minimum Gasteiger partial charge on any atom is -0.329 e. The second-order valence-corrected chi connectivity index (χ2v) is 5.91. The molecule has 1 saturated carbocycles. The Labute approximate surface area is 115 Å². The fourth-order valence-electron chi connectivity index (χ4n) is 3.11. The number of rotatable bonds is 4. The number of halogens is 1. The second-order valence-electron chi connectivity index (χ2n) is 5.47. The summed E-state index contributed by atoms with van der Waals surface area (Å²) in [4.78, 5) is 2.46. The third-order valence-electron chi connectivity index (χ3n) is 4.60. The van der Waals surface area contributed by atoms with Crippen LogP contribution in [0.5, 0.6) is 0 Å². The van der Waals surface area contributed by atoms with Crippen LogP contribution in [0.4, 0.5) is 0 Å². The number of nitrogens with two attached hydrogens (primary N) is 1. The number of likely N-dealkylation sites (N-methyl/N-ethyl adjacent to an activating group) is 1. The van der Waals surface area contributed by atoms with Crippen LogP contribution >= 0.6 is 11.6 Å². The molecular formula is C15H23ClN2. The first kappa shape index (κ1) is 13.9. The van der Waals surface area contributed by atoms with Gasteiger partial charge in [0.1, 0.15) is 0 Å². The smallest absolute Gasteiger partial charge is 0.0406 e. The molecule has 0 saturated heterocycles. The minimum atomic E-state index is 0.194. The third-order valence-corrected chi connectivity index (χ3v) is 4.85. The van der Waals surface area contributed by atoms with E-state index in [1.54, 1.807) is 0 Å².